The maximum atomic E-state index is 12.5. The molecule has 2 aliphatic rings. The summed E-state index contributed by atoms with van der Waals surface area (Å²) in [6, 6.07) is 7.47. The van der Waals surface area contributed by atoms with Gasteiger partial charge in [0.05, 0.1) is 18.2 Å². The van der Waals surface area contributed by atoms with E-state index in [1.807, 2.05) is 22.8 Å². The fraction of sp³-hybridized carbons (Fsp3) is 0.353. The molecule has 0 amide bonds. The Kier molecular flexibility index (Phi) is 3.90. The number of methoxy groups -OCH3 is 1. The van der Waals surface area contributed by atoms with Crippen LogP contribution < -0.4 is 16.0 Å². The van der Waals surface area contributed by atoms with Crippen molar-refractivity contribution < 1.29 is 4.74 Å². The first kappa shape index (κ1) is 15.3. The zero-order valence-corrected chi connectivity index (χ0v) is 13.5. The fourth-order valence-electron chi connectivity index (χ4n) is 2.83. The van der Waals surface area contributed by atoms with Crippen LogP contribution in [0.4, 0.5) is 0 Å². The highest BCUT2D eigenvalue weighted by Crippen LogP contribution is 2.31. The van der Waals surface area contributed by atoms with Gasteiger partial charge in [0.15, 0.2) is 5.82 Å². The topological polar surface area (TPSA) is 66.1 Å². The van der Waals surface area contributed by atoms with E-state index in [1.54, 1.807) is 13.2 Å². The Bertz CT molecular complexity index is 956. The van der Waals surface area contributed by atoms with Gasteiger partial charge in [0, 0.05) is 19.0 Å². The minimum atomic E-state index is -0.540. The summed E-state index contributed by atoms with van der Waals surface area (Å²) in [5.74, 6) is 1.12. The predicted octanol–water partition coefficient (Wildman–Crippen LogP) is 2.01. The van der Waals surface area contributed by atoms with Crippen LogP contribution in [0.25, 0.3) is 22.3 Å². The van der Waals surface area contributed by atoms with Crippen molar-refractivity contribution in [1.29, 1.82) is 0 Å². The van der Waals surface area contributed by atoms with Crippen LogP contribution >= 0.6 is 0 Å². The molecule has 3 rings (SSSR count). The summed E-state index contributed by atoms with van der Waals surface area (Å²) in [6.07, 6.45) is 1.91. The summed E-state index contributed by atoms with van der Waals surface area (Å²) < 4.78 is 8.44. The molecule has 0 aliphatic carbocycles. The lowest BCUT2D eigenvalue weighted by Gasteiger charge is -2.19. The van der Waals surface area contributed by atoms with Crippen LogP contribution in [0, 0.1) is 0 Å². The van der Waals surface area contributed by atoms with Crippen LogP contribution in [0.1, 0.15) is 19.8 Å². The van der Waals surface area contributed by atoms with Gasteiger partial charge >= 0.3 is 5.69 Å². The summed E-state index contributed by atoms with van der Waals surface area (Å²) in [5.41, 5.74) is 0.442. The first-order chi connectivity index (χ1) is 11.1. The number of aryl methyl sites for hydroxylation is 1. The Labute approximate surface area is 133 Å². The van der Waals surface area contributed by atoms with E-state index >= 15 is 0 Å². The Morgan fingerprint density at radius 1 is 1.26 bits per heavy atom. The van der Waals surface area contributed by atoms with Gasteiger partial charge in [0.2, 0.25) is 0 Å². The van der Waals surface area contributed by atoms with Crippen molar-refractivity contribution in [1.82, 2.24) is 14.1 Å². The molecule has 0 saturated carbocycles. The van der Waals surface area contributed by atoms with E-state index in [0.29, 0.717) is 23.7 Å². The smallest absolute Gasteiger partial charge is 0.352 e. The van der Waals surface area contributed by atoms with E-state index in [4.69, 9.17) is 4.74 Å². The molecule has 120 valence electrons. The van der Waals surface area contributed by atoms with Gasteiger partial charge in [-0.1, -0.05) is 25.5 Å². The summed E-state index contributed by atoms with van der Waals surface area (Å²) in [4.78, 5) is 28.6. The molecule has 1 aromatic rings. The van der Waals surface area contributed by atoms with Gasteiger partial charge in [0.1, 0.15) is 5.75 Å². The molecule has 0 N–H and O–H groups in total. The molecular weight excluding hydrogens is 294 g/mol. The Hall–Kier alpha value is -2.63. The number of pyridine rings is 1. The van der Waals surface area contributed by atoms with Crippen LogP contribution in [0.2, 0.25) is 0 Å². The molecule has 2 aliphatic heterocycles. The summed E-state index contributed by atoms with van der Waals surface area (Å²) in [7, 11) is 3.06. The maximum Gasteiger partial charge on any atom is 0.352 e. The molecule has 0 saturated heterocycles. The van der Waals surface area contributed by atoms with Gasteiger partial charge in [-0.3, -0.25) is 9.36 Å². The standard InChI is InChI=1S/C17H19N3O3/c1-4-5-9-20-14-11(7-6-8-13(14)23-3)10-12-15(20)18-17(22)19(2)16(12)21/h6-8,10H,4-5,9H2,1-3H3. The molecule has 0 radical (unpaired) electrons. The number of hydrogen-bond donors (Lipinski definition) is 0. The second-order valence-corrected chi connectivity index (χ2v) is 5.54. The van der Waals surface area contributed by atoms with E-state index in [9.17, 15) is 9.59 Å². The number of hydrogen-bond acceptors (Lipinski definition) is 4. The number of benzene rings is 1. The normalized spacial score (nSPS) is 11.3. The average Bonchev–Trinajstić information content (AvgIpc) is 2.57. The minimum Gasteiger partial charge on any atom is -0.495 e. The van der Waals surface area contributed by atoms with Crippen molar-refractivity contribution in [3.05, 3.63) is 45.1 Å². The van der Waals surface area contributed by atoms with Crippen molar-refractivity contribution in [3.8, 4) is 17.1 Å². The summed E-state index contributed by atoms with van der Waals surface area (Å²) in [5, 5.41) is 0.894. The Morgan fingerprint density at radius 3 is 2.74 bits per heavy atom. The largest absolute Gasteiger partial charge is 0.495 e. The van der Waals surface area contributed by atoms with Crippen LogP contribution in [0.15, 0.2) is 33.9 Å². The first-order valence-electron chi connectivity index (χ1n) is 7.65. The van der Waals surface area contributed by atoms with Gasteiger partial charge in [-0.05, 0) is 18.6 Å². The Balaban J connectivity index is 2.51. The molecule has 2 heterocycles. The minimum absolute atomic E-state index is 0.324. The van der Waals surface area contributed by atoms with E-state index < -0.39 is 5.69 Å². The predicted molar refractivity (Wildman–Crippen MR) is 89.3 cm³/mol. The van der Waals surface area contributed by atoms with Crippen LogP contribution in [-0.4, -0.2) is 21.2 Å². The summed E-state index contributed by atoms with van der Waals surface area (Å²) >= 11 is 0. The lowest BCUT2D eigenvalue weighted by Crippen LogP contribution is -2.36. The van der Waals surface area contributed by atoms with Crippen molar-refractivity contribution in [3.63, 3.8) is 0 Å². The lowest BCUT2D eigenvalue weighted by atomic mass is 10.1. The zero-order valence-electron chi connectivity index (χ0n) is 13.5. The number of para-hydroxylation sites is 1. The third kappa shape index (κ3) is 2.40. The summed E-state index contributed by atoms with van der Waals surface area (Å²) in [6.45, 7) is 2.76. The number of aromatic nitrogens is 3. The van der Waals surface area contributed by atoms with Crippen molar-refractivity contribution in [2.24, 2.45) is 7.05 Å². The first-order valence-corrected chi connectivity index (χ1v) is 7.65. The molecule has 0 unspecified atom stereocenters. The molecule has 6 heteroatoms. The van der Waals surface area contributed by atoms with Gasteiger partial charge in [-0.15, -0.1) is 0 Å². The molecule has 0 atom stereocenters. The Morgan fingerprint density at radius 2 is 2.04 bits per heavy atom. The second kappa shape index (κ2) is 5.87. The molecule has 23 heavy (non-hydrogen) atoms. The third-order valence-electron chi connectivity index (χ3n) is 4.08. The van der Waals surface area contributed by atoms with Gasteiger partial charge in [-0.2, -0.15) is 4.98 Å². The number of nitrogens with zero attached hydrogens (tertiary/aromatic N) is 3. The second-order valence-electron chi connectivity index (χ2n) is 5.54. The number of fused-ring (bicyclic) bond motifs is 2. The SMILES string of the molecule is CCCCn1c2nc(=O)n(C)c(=O)c-2cc2cccc(OC)c21. The van der Waals surface area contributed by atoms with E-state index in [1.165, 1.54) is 7.05 Å². The molecule has 0 fully saturated rings. The van der Waals surface area contributed by atoms with Gasteiger partial charge < -0.3 is 9.30 Å². The van der Waals surface area contributed by atoms with Gasteiger partial charge in [0.25, 0.3) is 5.56 Å². The zero-order chi connectivity index (χ0) is 16.6. The van der Waals surface area contributed by atoms with Crippen molar-refractivity contribution >= 4 is 10.9 Å². The van der Waals surface area contributed by atoms with Crippen LogP contribution in [-0.2, 0) is 13.6 Å². The van der Waals surface area contributed by atoms with Crippen molar-refractivity contribution in [2.45, 2.75) is 26.3 Å². The highest BCUT2D eigenvalue weighted by molar-refractivity contribution is 5.89. The van der Waals surface area contributed by atoms with Crippen LogP contribution in [0.5, 0.6) is 5.75 Å². The quantitative estimate of drug-likeness (QED) is 0.691. The fourth-order valence-corrected chi connectivity index (χ4v) is 2.83. The average molecular weight is 313 g/mol. The molecule has 0 aromatic heterocycles. The lowest BCUT2D eigenvalue weighted by molar-refractivity contribution is 0.416. The highest BCUT2D eigenvalue weighted by atomic mass is 16.5. The number of unbranched alkanes of at least 4 members (excludes halogenated alkanes) is 1. The van der Waals surface area contributed by atoms with E-state index in [0.717, 1.165) is 28.3 Å². The van der Waals surface area contributed by atoms with E-state index in [2.05, 4.69) is 11.9 Å². The molecule has 0 spiro atoms. The highest BCUT2D eigenvalue weighted by Gasteiger charge is 2.20. The van der Waals surface area contributed by atoms with Gasteiger partial charge in [-0.25, -0.2) is 4.79 Å². The molecule has 6 nitrogen and oxygen atoms in total. The molecular formula is C17H19N3O3. The third-order valence-corrected chi connectivity index (χ3v) is 4.08. The van der Waals surface area contributed by atoms with E-state index in [-0.39, 0.29) is 5.56 Å². The maximum absolute atomic E-state index is 12.5. The van der Waals surface area contributed by atoms with Crippen molar-refractivity contribution in [2.75, 3.05) is 7.11 Å². The monoisotopic (exact) mass is 313 g/mol. The number of rotatable bonds is 4. The van der Waals surface area contributed by atoms with Crippen LogP contribution in [0.3, 0.4) is 0 Å². The number of ether oxygens (including phenoxy) is 1. The molecule has 0 bridgehead atoms. The molecule has 1 aromatic carbocycles.